The maximum Gasteiger partial charge on any atom is 0.176 e. The Morgan fingerprint density at radius 1 is 1.04 bits per heavy atom. The Hall–Kier alpha value is -3.12. The Labute approximate surface area is 140 Å². The van der Waals surface area contributed by atoms with Gasteiger partial charge in [0.15, 0.2) is 5.84 Å². The van der Waals surface area contributed by atoms with Gasteiger partial charge in [-0.05, 0) is 24.6 Å². The quantitative estimate of drug-likeness (QED) is 0.775. The summed E-state index contributed by atoms with van der Waals surface area (Å²) in [7, 11) is 0. The fraction of sp³-hybridized carbons (Fsp3) is 0.111. The molecule has 120 valence electrons. The van der Waals surface area contributed by atoms with Crippen LogP contribution in [-0.2, 0) is 6.54 Å². The Morgan fingerprint density at radius 3 is 2.75 bits per heavy atom. The van der Waals surface area contributed by atoms with Crippen LogP contribution in [0.15, 0.2) is 72.1 Å². The summed E-state index contributed by atoms with van der Waals surface area (Å²) in [6.45, 7) is 2.81. The van der Waals surface area contributed by atoms with Gasteiger partial charge in [-0.25, -0.2) is 10.2 Å². The molecule has 0 amide bonds. The van der Waals surface area contributed by atoms with Crippen molar-refractivity contribution in [2.24, 2.45) is 5.10 Å². The second-order valence-electron chi connectivity index (χ2n) is 5.74. The minimum atomic E-state index is 0.712. The van der Waals surface area contributed by atoms with Crippen LogP contribution in [0, 0.1) is 6.92 Å². The van der Waals surface area contributed by atoms with Gasteiger partial charge in [-0.15, -0.1) is 10.6 Å². The van der Waals surface area contributed by atoms with Gasteiger partial charge in [0.25, 0.3) is 0 Å². The van der Waals surface area contributed by atoms with Gasteiger partial charge in [0.05, 0.1) is 24.0 Å². The van der Waals surface area contributed by atoms with Crippen molar-refractivity contribution < 1.29 is 0 Å². The number of aryl methyl sites for hydroxylation is 1. The number of hydrazine groups is 2. The first-order valence-corrected chi connectivity index (χ1v) is 7.81. The molecule has 0 fully saturated rings. The zero-order chi connectivity index (χ0) is 16.4. The molecule has 24 heavy (non-hydrogen) atoms. The molecule has 1 aliphatic rings. The summed E-state index contributed by atoms with van der Waals surface area (Å²) < 4.78 is 1.85. The molecule has 2 heterocycles. The van der Waals surface area contributed by atoms with E-state index in [9.17, 15) is 0 Å². The molecule has 0 saturated carbocycles. The van der Waals surface area contributed by atoms with Gasteiger partial charge in [-0.2, -0.15) is 5.10 Å². The number of benzene rings is 2. The maximum atomic E-state index is 4.44. The van der Waals surface area contributed by atoms with E-state index in [4.69, 9.17) is 0 Å². The van der Waals surface area contributed by atoms with Crippen LogP contribution in [0.4, 0.5) is 0 Å². The number of amidine groups is 1. The minimum absolute atomic E-state index is 0.712. The number of rotatable bonds is 4. The highest BCUT2D eigenvalue weighted by molar-refractivity contribution is 5.98. The monoisotopic (exact) mass is 318 g/mol. The average Bonchev–Trinajstić information content (AvgIpc) is 3.25. The molecule has 0 atom stereocenters. The second kappa shape index (κ2) is 6.17. The smallest absolute Gasteiger partial charge is 0.176 e. The van der Waals surface area contributed by atoms with E-state index >= 15 is 0 Å². The molecule has 0 bridgehead atoms. The highest BCUT2D eigenvalue weighted by Crippen LogP contribution is 2.14. The average molecular weight is 318 g/mol. The van der Waals surface area contributed by atoms with Crippen molar-refractivity contribution in [2.45, 2.75) is 13.5 Å². The van der Waals surface area contributed by atoms with Gasteiger partial charge in [-0.3, -0.25) is 5.01 Å². The third kappa shape index (κ3) is 2.87. The van der Waals surface area contributed by atoms with Gasteiger partial charge < -0.3 is 0 Å². The molecule has 0 aliphatic carbocycles. The minimum Gasteiger partial charge on any atom is -0.266 e. The molecule has 6 nitrogen and oxygen atoms in total. The normalized spacial score (nSPS) is 13.7. The topological polar surface area (TPSA) is 57.5 Å². The van der Waals surface area contributed by atoms with E-state index in [0.717, 1.165) is 17.1 Å². The zero-order valence-electron chi connectivity index (χ0n) is 13.3. The number of para-hydroxylation sites is 1. The fourth-order valence-electron chi connectivity index (χ4n) is 2.74. The molecular weight excluding hydrogens is 300 g/mol. The van der Waals surface area contributed by atoms with E-state index in [0.29, 0.717) is 6.54 Å². The molecule has 2 aromatic carbocycles. The Morgan fingerprint density at radius 2 is 1.92 bits per heavy atom. The summed E-state index contributed by atoms with van der Waals surface area (Å²) >= 11 is 0. The summed E-state index contributed by atoms with van der Waals surface area (Å²) in [4.78, 5) is 0. The highest BCUT2D eigenvalue weighted by atomic mass is 15.8. The summed E-state index contributed by atoms with van der Waals surface area (Å²) in [5, 5.41) is 10.8. The third-order valence-electron chi connectivity index (χ3n) is 3.89. The van der Waals surface area contributed by atoms with Crippen LogP contribution in [0.5, 0.6) is 0 Å². The molecule has 3 aromatic rings. The van der Waals surface area contributed by atoms with Gasteiger partial charge in [0.1, 0.15) is 0 Å². The van der Waals surface area contributed by atoms with Crippen LogP contribution >= 0.6 is 0 Å². The predicted molar refractivity (Wildman–Crippen MR) is 93.1 cm³/mol. The van der Waals surface area contributed by atoms with E-state index in [1.165, 1.54) is 11.1 Å². The largest absolute Gasteiger partial charge is 0.266 e. The molecule has 0 spiro atoms. The third-order valence-corrected chi connectivity index (χ3v) is 3.89. The van der Waals surface area contributed by atoms with Gasteiger partial charge in [0.2, 0.25) is 0 Å². The van der Waals surface area contributed by atoms with Crippen LogP contribution in [0.25, 0.3) is 5.69 Å². The van der Waals surface area contributed by atoms with Gasteiger partial charge >= 0.3 is 0 Å². The lowest BCUT2D eigenvalue weighted by atomic mass is 10.1. The van der Waals surface area contributed by atoms with Crippen LogP contribution < -0.4 is 11.1 Å². The molecule has 1 aromatic heterocycles. The van der Waals surface area contributed by atoms with Gasteiger partial charge in [0, 0.05) is 6.20 Å². The van der Waals surface area contributed by atoms with Gasteiger partial charge in [-0.1, -0.05) is 48.0 Å². The first kappa shape index (κ1) is 14.5. The summed E-state index contributed by atoms with van der Waals surface area (Å²) in [5.74, 6) is 0.818. The SMILES string of the molecule is Cc1cccc(CN2NNN=C2c2cnn(-c3ccccc3)c2)c1. The van der Waals surface area contributed by atoms with Crippen LogP contribution in [-0.4, -0.2) is 20.6 Å². The summed E-state index contributed by atoms with van der Waals surface area (Å²) in [5.41, 5.74) is 10.3. The molecule has 1 aliphatic heterocycles. The maximum absolute atomic E-state index is 4.44. The number of hydrogen-bond donors (Lipinski definition) is 2. The van der Waals surface area contributed by atoms with E-state index < -0.39 is 0 Å². The summed E-state index contributed by atoms with van der Waals surface area (Å²) in [6, 6.07) is 18.5. The molecule has 4 rings (SSSR count). The lowest BCUT2D eigenvalue weighted by Crippen LogP contribution is -2.40. The zero-order valence-corrected chi connectivity index (χ0v) is 13.3. The molecule has 6 heteroatoms. The molecule has 0 unspecified atom stereocenters. The number of nitrogens with zero attached hydrogens (tertiary/aromatic N) is 4. The van der Waals surface area contributed by atoms with E-state index in [2.05, 4.69) is 52.5 Å². The van der Waals surface area contributed by atoms with Crippen molar-refractivity contribution >= 4 is 5.84 Å². The fourth-order valence-corrected chi connectivity index (χ4v) is 2.74. The lowest BCUT2D eigenvalue weighted by Gasteiger charge is -2.18. The number of hydrogen-bond acceptors (Lipinski definition) is 5. The van der Waals surface area contributed by atoms with Crippen LogP contribution in [0.3, 0.4) is 0 Å². The standard InChI is InChI=1S/C18H18N6/c1-14-6-5-7-15(10-14)12-24-18(20-21-22-24)16-11-19-23(13-16)17-8-3-2-4-9-17/h2-11,13,21-22H,12H2,1H3. The Kier molecular flexibility index (Phi) is 3.72. The second-order valence-corrected chi connectivity index (χ2v) is 5.74. The van der Waals surface area contributed by atoms with E-state index in [-0.39, 0.29) is 0 Å². The van der Waals surface area contributed by atoms with Crippen molar-refractivity contribution in [3.05, 3.63) is 83.7 Å². The molecule has 0 radical (unpaired) electrons. The summed E-state index contributed by atoms with van der Waals surface area (Å²) in [6.07, 6.45) is 3.80. The predicted octanol–water partition coefficient (Wildman–Crippen LogP) is 2.37. The highest BCUT2D eigenvalue weighted by Gasteiger charge is 2.20. The van der Waals surface area contributed by atoms with Crippen LogP contribution in [0.1, 0.15) is 16.7 Å². The Balaban J connectivity index is 1.56. The first-order valence-electron chi connectivity index (χ1n) is 7.81. The number of nitrogens with one attached hydrogen (secondary N) is 2. The van der Waals surface area contributed by atoms with Crippen molar-refractivity contribution in [1.82, 2.24) is 25.9 Å². The lowest BCUT2D eigenvalue weighted by molar-refractivity contribution is 0.288. The van der Waals surface area contributed by atoms with Crippen molar-refractivity contribution in [3.8, 4) is 5.69 Å². The number of hydrazone groups is 1. The molecular formula is C18H18N6. The van der Waals surface area contributed by atoms with Crippen molar-refractivity contribution in [2.75, 3.05) is 0 Å². The first-order chi connectivity index (χ1) is 11.8. The number of aromatic nitrogens is 2. The van der Waals surface area contributed by atoms with E-state index in [1.807, 2.05) is 52.4 Å². The molecule has 2 N–H and O–H groups in total. The van der Waals surface area contributed by atoms with Crippen molar-refractivity contribution in [3.63, 3.8) is 0 Å². The van der Waals surface area contributed by atoms with Crippen molar-refractivity contribution in [1.29, 1.82) is 0 Å². The van der Waals surface area contributed by atoms with Crippen LogP contribution in [0.2, 0.25) is 0 Å². The molecule has 0 saturated heterocycles. The van der Waals surface area contributed by atoms with E-state index in [1.54, 1.807) is 0 Å². The Bertz CT molecular complexity index is 868.